The van der Waals surface area contributed by atoms with Crippen LogP contribution in [0, 0.1) is 5.82 Å². The van der Waals surface area contributed by atoms with Crippen LogP contribution in [0.25, 0.3) is 0 Å². The molecule has 0 unspecified atom stereocenters. The van der Waals surface area contributed by atoms with Crippen LogP contribution in [0.3, 0.4) is 0 Å². The minimum atomic E-state index is -0.183. The number of nitrogens with one attached hydrogen (secondary N) is 1. The molecule has 3 heteroatoms. The van der Waals surface area contributed by atoms with Gasteiger partial charge in [0.1, 0.15) is 5.82 Å². The molecule has 0 atom stereocenters. The Kier molecular flexibility index (Phi) is 3.03. The van der Waals surface area contributed by atoms with Crippen molar-refractivity contribution in [3.05, 3.63) is 35.6 Å². The van der Waals surface area contributed by atoms with Crippen LogP contribution in [0.5, 0.6) is 0 Å². The molecule has 1 fully saturated rings. The van der Waals surface area contributed by atoms with Gasteiger partial charge in [0.15, 0.2) is 0 Å². The maximum absolute atomic E-state index is 12.8. The fourth-order valence-electron chi connectivity index (χ4n) is 2.17. The van der Waals surface area contributed by atoms with Crippen molar-refractivity contribution in [2.24, 2.45) is 0 Å². The third kappa shape index (κ3) is 2.03. The van der Waals surface area contributed by atoms with Crippen LogP contribution in [-0.4, -0.2) is 20.3 Å². The maximum atomic E-state index is 12.8. The Morgan fingerprint density at radius 3 is 2.33 bits per heavy atom. The molecular formula is C12H16FNO. The molecule has 0 radical (unpaired) electrons. The van der Waals surface area contributed by atoms with E-state index in [-0.39, 0.29) is 11.4 Å². The SMILES string of the molecule is CNC1(c2ccc(F)cc2)CCOCC1. The standard InChI is InChI=1S/C12H16FNO/c1-14-12(6-8-15-9-7-12)10-2-4-11(13)5-3-10/h2-5,14H,6-9H2,1H3. The molecule has 0 aliphatic carbocycles. The molecule has 1 heterocycles. The molecule has 1 aromatic carbocycles. The van der Waals surface area contributed by atoms with E-state index in [0.29, 0.717) is 0 Å². The number of hydrogen-bond acceptors (Lipinski definition) is 2. The Balaban J connectivity index is 2.28. The van der Waals surface area contributed by atoms with E-state index in [1.165, 1.54) is 12.1 Å². The van der Waals surface area contributed by atoms with Crippen molar-refractivity contribution < 1.29 is 9.13 Å². The van der Waals surface area contributed by atoms with E-state index >= 15 is 0 Å². The predicted octanol–water partition coefficient (Wildman–Crippen LogP) is 2.05. The van der Waals surface area contributed by atoms with Crippen molar-refractivity contribution >= 4 is 0 Å². The van der Waals surface area contributed by atoms with Crippen LogP contribution in [0.2, 0.25) is 0 Å². The average Bonchev–Trinajstić information content (AvgIpc) is 2.31. The fraction of sp³-hybridized carbons (Fsp3) is 0.500. The van der Waals surface area contributed by atoms with Gasteiger partial charge in [0, 0.05) is 18.8 Å². The zero-order valence-corrected chi connectivity index (χ0v) is 8.92. The number of halogens is 1. The van der Waals surface area contributed by atoms with Crippen LogP contribution in [0.4, 0.5) is 4.39 Å². The summed E-state index contributed by atoms with van der Waals surface area (Å²) in [4.78, 5) is 0. The van der Waals surface area contributed by atoms with E-state index in [1.54, 1.807) is 0 Å². The third-order valence-corrected chi connectivity index (χ3v) is 3.22. The molecule has 1 N–H and O–H groups in total. The monoisotopic (exact) mass is 209 g/mol. The minimum Gasteiger partial charge on any atom is -0.381 e. The van der Waals surface area contributed by atoms with Crippen molar-refractivity contribution in [3.8, 4) is 0 Å². The predicted molar refractivity (Wildman–Crippen MR) is 57.2 cm³/mol. The van der Waals surface area contributed by atoms with Gasteiger partial charge in [-0.05, 0) is 37.6 Å². The summed E-state index contributed by atoms with van der Waals surface area (Å²) in [5, 5.41) is 3.35. The first-order valence-electron chi connectivity index (χ1n) is 5.29. The zero-order chi connectivity index (χ0) is 10.7. The van der Waals surface area contributed by atoms with E-state index < -0.39 is 0 Å². The lowest BCUT2D eigenvalue weighted by Gasteiger charge is -2.37. The Bertz CT molecular complexity index is 317. The van der Waals surface area contributed by atoms with Crippen molar-refractivity contribution in [1.82, 2.24) is 5.32 Å². The lowest BCUT2D eigenvalue weighted by atomic mass is 9.83. The smallest absolute Gasteiger partial charge is 0.123 e. The summed E-state index contributed by atoms with van der Waals surface area (Å²) >= 11 is 0. The number of rotatable bonds is 2. The van der Waals surface area contributed by atoms with Gasteiger partial charge in [-0.1, -0.05) is 12.1 Å². The Hall–Kier alpha value is -0.930. The Labute approximate surface area is 89.4 Å². The van der Waals surface area contributed by atoms with Gasteiger partial charge in [-0.2, -0.15) is 0 Å². The van der Waals surface area contributed by atoms with Gasteiger partial charge in [0.05, 0.1) is 0 Å². The minimum absolute atomic E-state index is 0.0358. The van der Waals surface area contributed by atoms with E-state index in [4.69, 9.17) is 4.74 Å². The van der Waals surface area contributed by atoms with Crippen LogP contribution >= 0.6 is 0 Å². The molecule has 0 bridgehead atoms. The summed E-state index contributed by atoms with van der Waals surface area (Å²) < 4.78 is 18.2. The quantitative estimate of drug-likeness (QED) is 0.805. The lowest BCUT2D eigenvalue weighted by molar-refractivity contribution is 0.0398. The lowest BCUT2D eigenvalue weighted by Crippen LogP contribution is -2.44. The molecule has 15 heavy (non-hydrogen) atoms. The largest absolute Gasteiger partial charge is 0.381 e. The summed E-state index contributed by atoms with van der Waals surface area (Å²) in [6.45, 7) is 1.52. The molecule has 0 amide bonds. The summed E-state index contributed by atoms with van der Waals surface area (Å²) in [5.41, 5.74) is 1.11. The molecule has 0 aromatic heterocycles. The van der Waals surface area contributed by atoms with Crippen LogP contribution in [-0.2, 0) is 10.3 Å². The summed E-state index contributed by atoms with van der Waals surface area (Å²) in [5.74, 6) is -0.183. The van der Waals surface area contributed by atoms with Crippen LogP contribution < -0.4 is 5.32 Å². The molecule has 2 nitrogen and oxygen atoms in total. The normalized spacial score (nSPS) is 20.1. The maximum Gasteiger partial charge on any atom is 0.123 e. The first-order valence-corrected chi connectivity index (χ1v) is 5.29. The topological polar surface area (TPSA) is 21.3 Å². The molecular weight excluding hydrogens is 193 g/mol. The van der Waals surface area contributed by atoms with E-state index in [0.717, 1.165) is 31.6 Å². The number of hydrogen-bond donors (Lipinski definition) is 1. The molecule has 2 rings (SSSR count). The summed E-state index contributed by atoms with van der Waals surface area (Å²) in [6, 6.07) is 6.75. The van der Waals surface area contributed by atoms with Gasteiger partial charge in [-0.25, -0.2) is 4.39 Å². The van der Waals surface area contributed by atoms with Gasteiger partial charge in [0.2, 0.25) is 0 Å². The highest BCUT2D eigenvalue weighted by molar-refractivity contribution is 5.25. The van der Waals surface area contributed by atoms with Crippen molar-refractivity contribution in [1.29, 1.82) is 0 Å². The van der Waals surface area contributed by atoms with E-state index in [1.807, 2.05) is 19.2 Å². The van der Waals surface area contributed by atoms with Gasteiger partial charge >= 0.3 is 0 Å². The van der Waals surface area contributed by atoms with Gasteiger partial charge in [0.25, 0.3) is 0 Å². The summed E-state index contributed by atoms with van der Waals surface area (Å²) in [6.07, 6.45) is 1.88. The van der Waals surface area contributed by atoms with Gasteiger partial charge in [-0.15, -0.1) is 0 Å². The highest BCUT2D eigenvalue weighted by Gasteiger charge is 2.32. The third-order valence-electron chi connectivity index (χ3n) is 3.22. The van der Waals surface area contributed by atoms with Crippen LogP contribution in [0.15, 0.2) is 24.3 Å². The van der Waals surface area contributed by atoms with Gasteiger partial charge in [-0.3, -0.25) is 0 Å². The summed E-state index contributed by atoms with van der Waals surface area (Å²) in [7, 11) is 1.95. The molecule has 0 spiro atoms. The number of ether oxygens (including phenoxy) is 1. The first kappa shape index (κ1) is 10.6. The molecule has 1 aliphatic rings. The first-order chi connectivity index (χ1) is 7.27. The average molecular weight is 209 g/mol. The highest BCUT2D eigenvalue weighted by Crippen LogP contribution is 2.31. The Morgan fingerprint density at radius 2 is 1.80 bits per heavy atom. The second kappa shape index (κ2) is 4.29. The molecule has 82 valence electrons. The van der Waals surface area contributed by atoms with Crippen molar-refractivity contribution in [2.75, 3.05) is 20.3 Å². The molecule has 1 aromatic rings. The molecule has 0 saturated carbocycles. The zero-order valence-electron chi connectivity index (χ0n) is 8.92. The molecule has 1 aliphatic heterocycles. The second-order valence-corrected chi connectivity index (χ2v) is 3.95. The van der Waals surface area contributed by atoms with Crippen LogP contribution in [0.1, 0.15) is 18.4 Å². The Morgan fingerprint density at radius 1 is 1.20 bits per heavy atom. The van der Waals surface area contributed by atoms with Crippen molar-refractivity contribution in [2.45, 2.75) is 18.4 Å². The highest BCUT2D eigenvalue weighted by atomic mass is 19.1. The van der Waals surface area contributed by atoms with E-state index in [2.05, 4.69) is 5.32 Å². The fourth-order valence-corrected chi connectivity index (χ4v) is 2.17. The molecule has 1 saturated heterocycles. The van der Waals surface area contributed by atoms with Crippen molar-refractivity contribution in [3.63, 3.8) is 0 Å². The second-order valence-electron chi connectivity index (χ2n) is 3.95. The van der Waals surface area contributed by atoms with Gasteiger partial charge < -0.3 is 10.1 Å². The van der Waals surface area contributed by atoms with E-state index in [9.17, 15) is 4.39 Å². The number of benzene rings is 1.